The highest BCUT2D eigenvalue weighted by Gasteiger charge is 2.41. The van der Waals surface area contributed by atoms with Crippen molar-refractivity contribution in [2.24, 2.45) is 10.4 Å². The van der Waals surface area contributed by atoms with Gasteiger partial charge >= 0.3 is 0 Å². The summed E-state index contributed by atoms with van der Waals surface area (Å²) < 4.78 is 0. The second-order valence-corrected chi connectivity index (χ2v) is 5.09. The number of rotatable bonds is 5. The minimum Gasteiger partial charge on any atom is -0.356 e. The average Bonchev–Trinajstić information content (AvgIpc) is 3.09. The van der Waals surface area contributed by atoms with Crippen LogP contribution in [0.3, 0.4) is 0 Å². The van der Waals surface area contributed by atoms with E-state index in [9.17, 15) is 0 Å². The lowest BCUT2D eigenvalue weighted by atomic mass is 10.0. The maximum atomic E-state index is 4.25. The number of hydrogen-bond acceptors (Lipinski definition) is 1. The van der Waals surface area contributed by atoms with Crippen LogP contribution in [0.25, 0.3) is 0 Å². The number of nitrogens with one attached hydrogen (secondary N) is 2. The topological polar surface area (TPSA) is 36.4 Å². The smallest absolute Gasteiger partial charge is 0.191 e. The third-order valence-corrected chi connectivity index (χ3v) is 3.51. The van der Waals surface area contributed by atoms with Crippen LogP contribution in [0, 0.1) is 5.41 Å². The quantitative estimate of drug-likeness (QED) is 0.459. The van der Waals surface area contributed by atoms with Crippen molar-refractivity contribution in [2.75, 3.05) is 13.6 Å². The lowest BCUT2D eigenvalue weighted by molar-refractivity contribution is 0.450. The molecule has 0 amide bonds. The zero-order valence-corrected chi connectivity index (χ0v) is 12.7. The summed E-state index contributed by atoms with van der Waals surface area (Å²) in [7, 11) is 1.86. The van der Waals surface area contributed by atoms with Crippen molar-refractivity contribution < 1.29 is 0 Å². The van der Waals surface area contributed by atoms with E-state index in [1.165, 1.54) is 38.5 Å². The van der Waals surface area contributed by atoms with Gasteiger partial charge in [0.05, 0.1) is 0 Å². The van der Waals surface area contributed by atoms with Gasteiger partial charge in [-0.2, -0.15) is 0 Å². The number of hydrogen-bond donors (Lipinski definition) is 2. The fraction of sp³-hybridized carbons (Fsp3) is 0.917. The molecule has 16 heavy (non-hydrogen) atoms. The second-order valence-electron chi connectivity index (χ2n) is 5.09. The maximum absolute atomic E-state index is 4.25. The Hall–Kier alpha value is 0. The second kappa shape index (κ2) is 6.07. The molecule has 2 N–H and O–H groups in total. The van der Waals surface area contributed by atoms with E-state index in [-0.39, 0.29) is 24.0 Å². The van der Waals surface area contributed by atoms with Crippen molar-refractivity contribution in [2.45, 2.75) is 51.5 Å². The summed E-state index contributed by atoms with van der Waals surface area (Å²) in [4.78, 5) is 4.25. The third kappa shape index (κ3) is 4.11. The van der Waals surface area contributed by atoms with Crippen molar-refractivity contribution in [1.82, 2.24) is 10.6 Å². The fourth-order valence-electron chi connectivity index (χ4n) is 2.11. The largest absolute Gasteiger partial charge is 0.356 e. The minimum absolute atomic E-state index is 0. The van der Waals surface area contributed by atoms with Crippen LogP contribution < -0.4 is 10.6 Å². The normalized spacial score (nSPS) is 22.2. The van der Waals surface area contributed by atoms with Gasteiger partial charge in [-0.05, 0) is 37.5 Å². The molecule has 0 spiro atoms. The van der Waals surface area contributed by atoms with Gasteiger partial charge in [0.25, 0.3) is 0 Å². The molecule has 2 aliphatic carbocycles. The van der Waals surface area contributed by atoms with E-state index in [4.69, 9.17) is 0 Å². The summed E-state index contributed by atoms with van der Waals surface area (Å²) in [5, 5.41) is 6.89. The molecular formula is C12H24IN3. The molecule has 2 fully saturated rings. The van der Waals surface area contributed by atoms with E-state index < -0.39 is 0 Å². The highest BCUT2D eigenvalue weighted by molar-refractivity contribution is 14.0. The van der Waals surface area contributed by atoms with E-state index >= 15 is 0 Å². The SMILES string of the molecule is CCCC1(CNC(=NC)NC2CC2)CC1.I. The van der Waals surface area contributed by atoms with Crippen molar-refractivity contribution in [1.29, 1.82) is 0 Å². The molecule has 4 heteroatoms. The van der Waals surface area contributed by atoms with Gasteiger partial charge in [0.2, 0.25) is 0 Å². The van der Waals surface area contributed by atoms with Crippen molar-refractivity contribution in [3.05, 3.63) is 0 Å². The molecule has 0 aliphatic heterocycles. The van der Waals surface area contributed by atoms with Crippen LogP contribution >= 0.6 is 24.0 Å². The Morgan fingerprint density at radius 2 is 2.06 bits per heavy atom. The van der Waals surface area contributed by atoms with Crippen LogP contribution in [0.5, 0.6) is 0 Å². The monoisotopic (exact) mass is 337 g/mol. The number of nitrogens with zero attached hydrogens (tertiary/aromatic N) is 1. The van der Waals surface area contributed by atoms with Crippen LogP contribution in [0.4, 0.5) is 0 Å². The maximum Gasteiger partial charge on any atom is 0.191 e. The van der Waals surface area contributed by atoms with E-state index in [1.807, 2.05) is 7.05 Å². The summed E-state index contributed by atoms with van der Waals surface area (Å²) >= 11 is 0. The van der Waals surface area contributed by atoms with Crippen LogP contribution in [0.2, 0.25) is 0 Å². The Kier molecular flexibility index (Phi) is 5.34. The number of halogens is 1. The first-order chi connectivity index (χ1) is 7.28. The molecule has 0 saturated heterocycles. The van der Waals surface area contributed by atoms with Crippen LogP contribution in [-0.2, 0) is 0 Å². The van der Waals surface area contributed by atoms with E-state index in [0.29, 0.717) is 11.5 Å². The lowest BCUT2D eigenvalue weighted by Gasteiger charge is -2.17. The molecule has 0 unspecified atom stereocenters. The predicted molar refractivity (Wildman–Crippen MR) is 79.5 cm³/mol. The van der Waals surface area contributed by atoms with Gasteiger partial charge in [0, 0.05) is 19.6 Å². The lowest BCUT2D eigenvalue weighted by Crippen LogP contribution is -2.41. The molecule has 0 aromatic rings. The fourth-order valence-corrected chi connectivity index (χ4v) is 2.11. The van der Waals surface area contributed by atoms with Gasteiger partial charge < -0.3 is 10.6 Å². The molecular weight excluding hydrogens is 313 g/mol. The van der Waals surface area contributed by atoms with Gasteiger partial charge in [0.1, 0.15) is 0 Å². The first-order valence-electron chi connectivity index (χ1n) is 6.25. The highest BCUT2D eigenvalue weighted by atomic mass is 127. The van der Waals surface area contributed by atoms with Crippen molar-refractivity contribution in [3.63, 3.8) is 0 Å². The average molecular weight is 337 g/mol. The van der Waals surface area contributed by atoms with E-state index in [2.05, 4.69) is 22.5 Å². The Morgan fingerprint density at radius 3 is 2.50 bits per heavy atom. The zero-order valence-electron chi connectivity index (χ0n) is 10.4. The minimum atomic E-state index is 0. The summed E-state index contributed by atoms with van der Waals surface area (Å²) in [5.41, 5.74) is 0.607. The standard InChI is InChI=1S/C12H23N3.HI/c1-3-6-12(7-8-12)9-14-11(13-2)15-10-4-5-10;/h10H,3-9H2,1-2H3,(H2,13,14,15);1H. The molecule has 0 aromatic carbocycles. The van der Waals surface area contributed by atoms with E-state index in [0.717, 1.165) is 12.5 Å². The Bertz CT molecular complexity index is 245. The van der Waals surface area contributed by atoms with Gasteiger partial charge in [-0.1, -0.05) is 13.3 Å². The molecule has 0 radical (unpaired) electrons. The van der Waals surface area contributed by atoms with Gasteiger partial charge in [-0.3, -0.25) is 4.99 Å². The molecule has 0 aromatic heterocycles. The zero-order chi connectivity index (χ0) is 10.7. The molecule has 2 rings (SSSR count). The first-order valence-corrected chi connectivity index (χ1v) is 6.25. The van der Waals surface area contributed by atoms with E-state index in [1.54, 1.807) is 0 Å². The molecule has 94 valence electrons. The molecule has 2 saturated carbocycles. The molecule has 0 heterocycles. The molecule has 0 atom stereocenters. The number of aliphatic imine (C=N–C) groups is 1. The Labute approximate surface area is 116 Å². The van der Waals surface area contributed by atoms with Gasteiger partial charge in [0.15, 0.2) is 5.96 Å². The Morgan fingerprint density at radius 1 is 1.38 bits per heavy atom. The third-order valence-electron chi connectivity index (χ3n) is 3.51. The van der Waals surface area contributed by atoms with Crippen LogP contribution in [0.15, 0.2) is 4.99 Å². The molecule has 0 bridgehead atoms. The summed E-state index contributed by atoms with van der Waals surface area (Å²) in [6.07, 6.45) is 8.07. The summed E-state index contributed by atoms with van der Waals surface area (Å²) in [5.74, 6) is 1.000. The highest BCUT2D eigenvalue weighted by Crippen LogP contribution is 2.48. The van der Waals surface area contributed by atoms with Crippen molar-refractivity contribution in [3.8, 4) is 0 Å². The predicted octanol–water partition coefficient (Wildman–Crippen LogP) is 2.51. The molecule has 2 aliphatic rings. The van der Waals surface area contributed by atoms with Gasteiger partial charge in [-0.25, -0.2) is 0 Å². The summed E-state index contributed by atoms with van der Waals surface area (Å²) in [6.45, 7) is 3.38. The number of guanidine groups is 1. The van der Waals surface area contributed by atoms with Gasteiger partial charge in [-0.15, -0.1) is 24.0 Å². The Balaban J connectivity index is 0.00000128. The van der Waals surface area contributed by atoms with Crippen molar-refractivity contribution >= 4 is 29.9 Å². The van der Waals surface area contributed by atoms with Crippen LogP contribution in [0.1, 0.15) is 45.4 Å². The molecule has 3 nitrogen and oxygen atoms in total. The van der Waals surface area contributed by atoms with Crippen LogP contribution in [-0.4, -0.2) is 25.6 Å². The summed E-state index contributed by atoms with van der Waals surface area (Å²) in [6, 6.07) is 0.692. The first kappa shape index (κ1) is 14.1.